The molecule has 0 saturated heterocycles. The Balaban J connectivity index is 2.18. The molecule has 0 atom stereocenters. The SMILES string of the molecule is CCOC(=O)C(C#N)=CNc1cccc(C(=O)c2ccccc2)c1. The van der Waals surface area contributed by atoms with E-state index < -0.39 is 5.97 Å². The highest BCUT2D eigenvalue weighted by molar-refractivity contribution is 6.09. The van der Waals surface area contributed by atoms with Crippen LogP contribution in [0, 0.1) is 11.3 Å². The van der Waals surface area contributed by atoms with Gasteiger partial charge in [-0.3, -0.25) is 4.79 Å². The van der Waals surface area contributed by atoms with Gasteiger partial charge in [-0.1, -0.05) is 42.5 Å². The number of ketones is 1. The smallest absolute Gasteiger partial charge is 0.350 e. The highest BCUT2D eigenvalue weighted by atomic mass is 16.5. The molecule has 0 heterocycles. The first-order valence-electron chi connectivity index (χ1n) is 7.39. The van der Waals surface area contributed by atoms with Crippen molar-refractivity contribution in [1.29, 1.82) is 5.26 Å². The first-order chi connectivity index (χ1) is 11.7. The molecule has 5 nitrogen and oxygen atoms in total. The molecule has 0 radical (unpaired) electrons. The van der Waals surface area contributed by atoms with Crippen molar-refractivity contribution in [2.24, 2.45) is 0 Å². The van der Waals surface area contributed by atoms with E-state index >= 15 is 0 Å². The van der Waals surface area contributed by atoms with Crippen LogP contribution in [0.5, 0.6) is 0 Å². The predicted molar refractivity (Wildman–Crippen MR) is 90.3 cm³/mol. The topological polar surface area (TPSA) is 79.2 Å². The summed E-state index contributed by atoms with van der Waals surface area (Å²) in [7, 11) is 0. The third kappa shape index (κ3) is 4.31. The van der Waals surface area contributed by atoms with Crippen molar-refractivity contribution in [3.05, 3.63) is 77.5 Å². The van der Waals surface area contributed by atoms with Crippen LogP contribution in [0.15, 0.2) is 66.4 Å². The van der Waals surface area contributed by atoms with Gasteiger partial charge in [0.1, 0.15) is 6.07 Å². The number of carbonyl (C=O) groups excluding carboxylic acids is 2. The van der Waals surface area contributed by atoms with Crippen molar-refractivity contribution < 1.29 is 14.3 Å². The van der Waals surface area contributed by atoms with Crippen LogP contribution in [-0.2, 0) is 9.53 Å². The minimum Gasteiger partial charge on any atom is -0.462 e. The number of nitriles is 1. The number of anilines is 1. The normalized spacial score (nSPS) is 10.6. The number of esters is 1. The molecule has 0 aliphatic heterocycles. The van der Waals surface area contributed by atoms with Crippen molar-refractivity contribution in [1.82, 2.24) is 0 Å². The van der Waals surface area contributed by atoms with Crippen LogP contribution in [0.1, 0.15) is 22.8 Å². The maximum absolute atomic E-state index is 12.4. The average Bonchev–Trinajstić information content (AvgIpc) is 2.63. The summed E-state index contributed by atoms with van der Waals surface area (Å²) >= 11 is 0. The first-order valence-corrected chi connectivity index (χ1v) is 7.39. The van der Waals surface area contributed by atoms with Gasteiger partial charge in [0.2, 0.25) is 0 Å². The van der Waals surface area contributed by atoms with Gasteiger partial charge in [0.25, 0.3) is 0 Å². The fourth-order valence-corrected chi connectivity index (χ4v) is 2.01. The van der Waals surface area contributed by atoms with Crippen LogP contribution in [0.3, 0.4) is 0 Å². The molecule has 2 rings (SSSR count). The summed E-state index contributed by atoms with van der Waals surface area (Å²) in [5, 5.41) is 11.8. The summed E-state index contributed by atoms with van der Waals surface area (Å²) in [6.07, 6.45) is 1.27. The van der Waals surface area contributed by atoms with E-state index in [1.807, 2.05) is 6.07 Å². The highest BCUT2D eigenvalue weighted by Gasteiger charge is 2.11. The van der Waals surface area contributed by atoms with E-state index in [1.165, 1.54) is 6.20 Å². The molecule has 0 aliphatic carbocycles. The quantitative estimate of drug-likeness (QED) is 0.382. The lowest BCUT2D eigenvalue weighted by atomic mass is 10.0. The molecule has 0 bridgehead atoms. The molecular formula is C19H16N2O3. The molecular weight excluding hydrogens is 304 g/mol. The molecule has 0 amide bonds. The molecule has 0 aromatic heterocycles. The van der Waals surface area contributed by atoms with Crippen LogP contribution in [0.4, 0.5) is 5.69 Å². The van der Waals surface area contributed by atoms with Crippen LogP contribution >= 0.6 is 0 Å². The van der Waals surface area contributed by atoms with E-state index in [-0.39, 0.29) is 18.0 Å². The summed E-state index contributed by atoms with van der Waals surface area (Å²) in [6.45, 7) is 1.86. The molecule has 0 aliphatic rings. The lowest BCUT2D eigenvalue weighted by Crippen LogP contribution is -2.08. The van der Waals surface area contributed by atoms with Gasteiger partial charge in [-0.05, 0) is 19.1 Å². The molecule has 2 aromatic rings. The largest absolute Gasteiger partial charge is 0.462 e. The number of nitrogens with one attached hydrogen (secondary N) is 1. The number of nitrogens with zero attached hydrogens (tertiary/aromatic N) is 1. The minimum absolute atomic E-state index is 0.103. The van der Waals surface area contributed by atoms with E-state index in [4.69, 9.17) is 10.00 Å². The van der Waals surface area contributed by atoms with E-state index in [0.717, 1.165) is 0 Å². The molecule has 0 unspecified atom stereocenters. The van der Waals surface area contributed by atoms with Gasteiger partial charge < -0.3 is 10.1 Å². The summed E-state index contributed by atoms with van der Waals surface area (Å²) in [6, 6.07) is 17.5. The number of ether oxygens (including phenoxy) is 1. The average molecular weight is 320 g/mol. The molecule has 120 valence electrons. The minimum atomic E-state index is -0.691. The van der Waals surface area contributed by atoms with Crippen molar-refractivity contribution >= 4 is 17.4 Å². The van der Waals surface area contributed by atoms with Crippen molar-refractivity contribution in [2.75, 3.05) is 11.9 Å². The molecule has 0 saturated carbocycles. The van der Waals surface area contributed by atoms with Gasteiger partial charge in [0, 0.05) is 23.0 Å². The van der Waals surface area contributed by atoms with Crippen LogP contribution in [0.2, 0.25) is 0 Å². The Morgan fingerprint density at radius 2 is 1.83 bits per heavy atom. The molecule has 0 spiro atoms. The van der Waals surface area contributed by atoms with Gasteiger partial charge in [0.05, 0.1) is 6.61 Å². The van der Waals surface area contributed by atoms with Gasteiger partial charge in [-0.2, -0.15) is 5.26 Å². The number of hydrogen-bond acceptors (Lipinski definition) is 5. The zero-order valence-corrected chi connectivity index (χ0v) is 13.2. The molecule has 2 aromatic carbocycles. The van der Waals surface area contributed by atoms with Gasteiger partial charge in [0.15, 0.2) is 11.4 Å². The van der Waals surface area contributed by atoms with E-state index in [0.29, 0.717) is 16.8 Å². The zero-order chi connectivity index (χ0) is 17.4. The second kappa shape index (κ2) is 8.30. The fraction of sp³-hybridized carbons (Fsp3) is 0.105. The maximum atomic E-state index is 12.4. The Morgan fingerprint density at radius 1 is 1.12 bits per heavy atom. The second-order valence-electron chi connectivity index (χ2n) is 4.81. The Labute approximate surface area is 140 Å². The highest BCUT2D eigenvalue weighted by Crippen LogP contribution is 2.15. The van der Waals surface area contributed by atoms with Gasteiger partial charge >= 0.3 is 5.97 Å². The number of carbonyl (C=O) groups is 2. The molecule has 24 heavy (non-hydrogen) atoms. The summed E-state index contributed by atoms with van der Waals surface area (Å²) in [5.41, 5.74) is 1.55. The van der Waals surface area contributed by atoms with Crippen molar-refractivity contribution in [3.8, 4) is 6.07 Å². The van der Waals surface area contributed by atoms with Crippen molar-refractivity contribution in [3.63, 3.8) is 0 Å². The van der Waals surface area contributed by atoms with Gasteiger partial charge in [-0.25, -0.2) is 4.79 Å². The standard InChI is InChI=1S/C19H16N2O3/c1-2-24-19(23)16(12-20)13-21-17-10-6-9-15(11-17)18(22)14-7-4-3-5-8-14/h3-11,13,21H,2H2,1H3. The third-order valence-electron chi connectivity index (χ3n) is 3.16. The van der Waals surface area contributed by atoms with Crippen LogP contribution in [-0.4, -0.2) is 18.4 Å². The van der Waals surface area contributed by atoms with E-state index in [2.05, 4.69) is 5.32 Å². The first kappa shape index (κ1) is 17.0. The van der Waals surface area contributed by atoms with E-state index in [9.17, 15) is 9.59 Å². The molecule has 5 heteroatoms. The Bertz CT molecular complexity index is 805. The van der Waals surface area contributed by atoms with Gasteiger partial charge in [-0.15, -0.1) is 0 Å². The second-order valence-corrected chi connectivity index (χ2v) is 4.81. The van der Waals surface area contributed by atoms with E-state index in [1.54, 1.807) is 61.5 Å². The summed E-state index contributed by atoms with van der Waals surface area (Å²) in [5.74, 6) is -0.793. The summed E-state index contributed by atoms with van der Waals surface area (Å²) in [4.78, 5) is 24.0. The third-order valence-corrected chi connectivity index (χ3v) is 3.16. The Hall–Kier alpha value is -3.39. The molecule has 0 fully saturated rings. The van der Waals surface area contributed by atoms with Crippen LogP contribution < -0.4 is 5.32 Å². The maximum Gasteiger partial charge on any atom is 0.350 e. The number of benzene rings is 2. The Kier molecular flexibility index (Phi) is 5.87. The van der Waals surface area contributed by atoms with Crippen LogP contribution in [0.25, 0.3) is 0 Å². The Morgan fingerprint density at radius 3 is 2.50 bits per heavy atom. The monoisotopic (exact) mass is 320 g/mol. The lowest BCUT2D eigenvalue weighted by Gasteiger charge is -2.06. The zero-order valence-electron chi connectivity index (χ0n) is 13.2. The predicted octanol–water partition coefficient (Wildman–Crippen LogP) is 3.30. The number of rotatable bonds is 6. The number of hydrogen-bond donors (Lipinski definition) is 1. The fourth-order valence-electron chi connectivity index (χ4n) is 2.01. The summed E-state index contributed by atoms with van der Waals surface area (Å²) < 4.78 is 4.78. The van der Waals surface area contributed by atoms with Crippen molar-refractivity contribution in [2.45, 2.75) is 6.92 Å². The lowest BCUT2D eigenvalue weighted by molar-refractivity contribution is -0.138. The molecule has 1 N–H and O–H groups in total.